The molecule has 0 spiro atoms. The van der Waals surface area contributed by atoms with Crippen molar-refractivity contribution in [2.75, 3.05) is 21.3 Å². The van der Waals surface area contributed by atoms with Crippen molar-refractivity contribution in [2.24, 2.45) is 0 Å². The number of hydrogen-bond donors (Lipinski definition) is 0. The summed E-state index contributed by atoms with van der Waals surface area (Å²) in [5.41, 5.74) is 1.05. The van der Waals surface area contributed by atoms with Crippen molar-refractivity contribution in [2.45, 2.75) is 4.90 Å². The third-order valence-electron chi connectivity index (χ3n) is 2.06. The zero-order valence-corrected chi connectivity index (χ0v) is 10.0. The molecule has 15 heavy (non-hydrogen) atoms. The van der Waals surface area contributed by atoms with Crippen molar-refractivity contribution in [3.8, 4) is 0 Å². The maximum absolute atomic E-state index is 5.31. The second-order valence-corrected chi connectivity index (χ2v) is 5.11. The average Bonchev–Trinajstić information content (AvgIpc) is 2.33. The summed E-state index contributed by atoms with van der Waals surface area (Å²) in [6.45, 7) is 3.70. The molecule has 0 atom stereocenters. The molecule has 1 aromatic carbocycles. The Morgan fingerprint density at radius 1 is 1.00 bits per heavy atom. The van der Waals surface area contributed by atoms with E-state index in [9.17, 15) is 0 Å². The Hall–Kier alpha value is -0.810. The quantitative estimate of drug-likeness (QED) is 0.774. The van der Waals surface area contributed by atoms with E-state index in [1.807, 2.05) is 24.3 Å². The van der Waals surface area contributed by atoms with Gasteiger partial charge in [0.15, 0.2) is 0 Å². The molecule has 0 aliphatic carbocycles. The Kier molecular flexibility index (Phi) is 4.35. The van der Waals surface area contributed by atoms with E-state index < -0.39 is 10.9 Å². The molecule has 4 heteroatoms. The van der Waals surface area contributed by atoms with Gasteiger partial charge >= 0.3 is 0 Å². The van der Waals surface area contributed by atoms with Crippen LogP contribution in [0.2, 0.25) is 0 Å². The Balaban J connectivity index is 3.06. The van der Waals surface area contributed by atoms with E-state index in [1.165, 1.54) is 0 Å². The molecule has 0 radical (unpaired) electrons. The summed E-state index contributed by atoms with van der Waals surface area (Å²) in [5, 5.41) is 0. The smallest absolute Gasteiger partial charge is 0.119 e. The van der Waals surface area contributed by atoms with Gasteiger partial charge in [0.2, 0.25) is 0 Å². The van der Waals surface area contributed by atoms with Crippen LogP contribution in [0.4, 0.5) is 0 Å². The van der Waals surface area contributed by atoms with Gasteiger partial charge in [-0.1, -0.05) is 24.8 Å². The van der Waals surface area contributed by atoms with Gasteiger partial charge in [-0.15, -0.1) is 0 Å². The van der Waals surface area contributed by atoms with E-state index in [0.29, 0.717) is 0 Å². The lowest BCUT2D eigenvalue weighted by atomic mass is 10.2. The predicted octanol–water partition coefficient (Wildman–Crippen LogP) is 3.18. The molecule has 0 fully saturated rings. The number of benzene rings is 1. The van der Waals surface area contributed by atoms with Crippen LogP contribution in [0.1, 0.15) is 5.56 Å². The summed E-state index contributed by atoms with van der Waals surface area (Å²) < 4.78 is 15.9. The first kappa shape index (κ1) is 12.3. The van der Waals surface area contributed by atoms with Gasteiger partial charge < -0.3 is 0 Å². The average molecular weight is 228 g/mol. The fraction of sp³-hybridized carbons (Fsp3) is 0.273. The summed E-state index contributed by atoms with van der Waals surface area (Å²) in [7, 11) is 2.67. The monoisotopic (exact) mass is 228 g/mol. The molecule has 0 aromatic heterocycles. The van der Waals surface area contributed by atoms with E-state index in [4.69, 9.17) is 12.5 Å². The lowest BCUT2D eigenvalue weighted by Gasteiger charge is -2.33. The minimum absolute atomic E-state index is 0.889. The van der Waals surface area contributed by atoms with E-state index in [1.54, 1.807) is 27.4 Å². The van der Waals surface area contributed by atoms with Gasteiger partial charge in [-0.2, -0.15) is 0 Å². The van der Waals surface area contributed by atoms with Crippen LogP contribution in [0.5, 0.6) is 0 Å². The van der Waals surface area contributed by atoms with Crippen molar-refractivity contribution in [3.63, 3.8) is 0 Å². The van der Waals surface area contributed by atoms with E-state index in [-0.39, 0.29) is 0 Å². The predicted molar refractivity (Wildman–Crippen MR) is 63.4 cm³/mol. The fourth-order valence-corrected chi connectivity index (χ4v) is 2.72. The third-order valence-corrected chi connectivity index (χ3v) is 4.23. The Labute approximate surface area is 92.6 Å². The minimum Gasteiger partial charge on any atom is -0.292 e. The van der Waals surface area contributed by atoms with Crippen LogP contribution in [-0.2, 0) is 12.5 Å². The van der Waals surface area contributed by atoms with Gasteiger partial charge in [0.25, 0.3) is 0 Å². The number of rotatable bonds is 5. The lowest BCUT2D eigenvalue weighted by Crippen LogP contribution is -2.07. The highest BCUT2D eigenvalue weighted by molar-refractivity contribution is 8.21. The van der Waals surface area contributed by atoms with E-state index in [2.05, 4.69) is 6.58 Å². The van der Waals surface area contributed by atoms with Gasteiger partial charge in [0.05, 0.1) is 26.2 Å². The van der Waals surface area contributed by atoms with E-state index in [0.717, 1.165) is 10.5 Å². The first-order chi connectivity index (χ1) is 7.22. The highest BCUT2D eigenvalue weighted by Crippen LogP contribution is 2.56. The van der Waals surface area contributed by atoms with Crippen LogP contribution in [0, 0.1) is 0 Å². The summed E-state index contributed by atoms with van der Waals surface area (Å²) >= 11 is 0. The van der Waals surface area contributed by atoms with Crippen molar-refractivity contribution >= 4 is 16.9 Å². The van der Waals surface area contributed by atoms with Crippen molar-refractivity contribution < 1.29 is 12.5 Å². The molecular formula is C11H16O3S. The second kappa shape index (κ2) is 5.32. The van der Waals surface area contributed by atoms with Gasteiger partial charge in [-0.3, -0.25) is 12.5 Å². The summed E-state index contributed by atoms with van der Waals surface area (Å²) in [6, 6.07) is 7.73. The van der Waals surface area contributed by atoms with Crippen molar-refractivity contribution in [1.82, 2.24) is 0 Å². The standard InChI is InChI=1S/C11H16O3S/c1-5-10-6-8-11(9-7-10)15(12-2,13-3)14-4/h5-9H,1H2,2-4H3. The molecule has 84 valence electrons. The maximum atomic E-state index is 5.31. The Bertz CT molecular complexity index is 309. The van der Waals surface area contributed by atoms with Gasteiger partial charge in [0, 0.05) is 0 Å². The first-order valence-electron chi connectivity index (χ1n) is 4.45. The molecule has 3 nitrogen and oxygen atoms in total. The van der Waals surface area contributed by atoms with E-state index >= 15 is 0 Å². The van der Waals surface area contributed by atoms with Crippen LogP contribution < -0.4 is 0 Å². The molecule has 0 heterocycles. The molecule has 0 bridgehead atoms. The molecule has 0 aliphatic rings. The summed E-state index contributed by atoms with van der Waals surface area (Å²) in [4.78, 5) is 0.889. The zero-order valence-electron chi connectivity index (χ0n) is 9.23. The molecule has 0 aliphatic heterocycles. The lowest BCUT2D eigenvalue weighted by molar-refractivity contribution is 0.248. The van der Waals surface area contributed by atoms with Crippen molar-refractivity contribution in [1.29, 1.82) is 0 Å². The maximum Gasteiger partial charge on any atom is 0.119 e. The SMILES string of the molecule is C=Cc1ccc(S(OC)(OC)OC)cc1. The third kappa shape index (κ3) is 2.41. The Morgan fingerprint density at radius 2 is 1.47 bits per heavy atom. The summed E-state index contributed by atoms with van der Waals surface area (Å²) in [5.74, 6) is 0. The largest absolute Gasteiger partial charge is 0.292 e. The second-order valence-electron chi connectivity index (χ2n) is 2.73. The highest BCUT2D eigenvalue weighted by atomic mass is 32.3. The molecule has 0 unspecified atom stereocenters. The summed E-state index contributed by atoms with van der Waals surface area (Å²) in [6.07, 6.45) is 1.78. The van der Waals surface area contributed by atoms with Crippen LogP contribution >= 0.6 is 10.9 Å². The van der Waals surface area contributed by atoms with Crippen LogP contribution in [-0.4, -0.2) is 21.3 Å². The van der Waals surface area contributed by atoms with Gasteiger partial charge in [-0.25, -0.2) is 0 Å². The normalized spacial score (nSPS) is 12.5. The molecule has 1 rings (SSSR count). The molecule has 0 amide bonds. The van der Waals surface area contributed by atoms with Crippen molar-refractivity contribution in [3.05, 3.63) is 36.4 Å². The van der Waals surface area contributed by atoms with Gasteiger partial charge in [-0.05, 0) is 17.7 Å². The van der Waals surface area contributed by atoms with Crippen LogP contribution in [0.25, 0.3) is 6.08 Å². The zero-order chi connectivity index (χ0) is 11.3. The van der Waals surface area contributed by atoms with Crippen LogP contribution in [0.3, 0.4) is 0 Å². The molecule has 0 saturated carbocycles. The molecule has 0 saturated heterocycles. The van der Waals surface area contributed by atoms with Gasteiger partial charge in [0.1, 0.15) is 10.9 Å². The fourth-order valence-electron chi connectivity index (χ4n) is 1.26. The molecule has 1 aromatic rings. The molecule has 0 N–H and O–H groups in total. The van der Waals surface area contributed by atoms with Crippen LogP contribution in [0.15, 0.2) is 35.7 Å². The Morgan fingerprint density at radius 3 is 1.80 bits per heavy atom. The highest BCUT2D eigenvalue weighted by Gasteiger charge is 2.25. The molecular weight excluding hydrogens is 212 g/mol. The minimum atomic E-state index is -2.05. The first-order valence-corrected chi connectivity index (χ1v) is 5.86. The topological polar surface area (TPSA) is 27.7 Å². The number of hydrogen-bond acceptors (Lipinski definition) is 3.